The standard InChI is InChI=1S/C23H40N8O/c24-22(25)29-13-5-3-1-2-4-6-14-30-23(26)31-17-8-18-32-20-11-9-19(10-12-20)21-27-15-7-16-28-21/h9-12H,1-8,13-18H2,(H,27,28)(H4,24,25,29)(H3,26,30,31). The molecule has 9 nitrogen and oxygen atoms in total. The summed E-state index contributed by atoms with van der Waals surface area (Å²) in [4.78, 5) is 12.8. The molecule has 1 aromatic carbocycles. The van der Waals surface area contributed by atoms with Crippen LogP contribution in [0.15, 0.2) is 39.2 Å². The van der Waals surface area contributed by atoms with Crippen molar-refractivity contribution in [3.05, 3.63) is 29.8 Å². The van der Waals surface area contributed by atoms with E-state index in [2.05, 4.69) is 25.6 Å². The van der Waals surface area contributed by atoms with E-state index in [4.69, 9.17) is 21.9 Å². The lowest BCUT2D eigenvalue weighted by Gasteiger charge is -2.15. The normalized spacial score (nSPS) is 13.8. The third-order valence-corrected chi connectivity index (χ3v) is 5.06. The van der Waals surface area contributed by atoms with Crippen LogP contribution in [0, 0.1) is 0 Å². The number of unbranched alkanes of at least 4 members (excludes halogenated alkanes) is 5. The summed E-state index contributed by atoms with van der Waals surface area (Å²) in [6.07, 6.45) is 8.80. The first kappa shape index (κ1) is 25.3. The molecule has 8 N–H and O–H groups in total. The van der Waals surface area contributed by atoms with Gasteiger partial charge in [-0.15, -0.1) is 0 Å². The number of aliphatic imine (C=N–C) groups is 3. The molecule has 0 saturated carbocycles. The molecule has 9 heteroatoms. The van der Waals surface area contributed by atoms with E-state index in [1.54, 1.807) is 0 Å². The minimum atomic E-state index is 0.177. The Morgan fingerprint density at radius 1 is 0.938 bits per heavy atom. The average Bonchev–Trinajstić information content (AvgIpc) is 2.81. The largest absolute Gasteiger partial charge is 0.494 e. The Balaban J connectivity index is 1.45. The quantitative estimate of drug-likeness (QED) is 0.158. The fraction of sp³-hybridized carbons (Fsp3) is 0.609. The first-order valence-electron chi connectivity index (χ1n) is 11.8. The number of ether oxygens (including phenoxy) is 1. The Bertz CT molecular complexity index is 726. The van der Waals surface area contributed by atoms with Crippen LogP contribution >= 0.6 is 0 Å². The Kier molecular flexibility index (Phi) is 12.5. The van der Waals surface area contributed by atoms with Crippen LogP contribution in [-0.2, 0) is 0 Å². The predicted octanol–water partition coefficient (Wildman–Crippen LogP) is 1.71. The highest BCUT2D eigenvalue weighted by atomic mass is 16.5. The van der Waals surface area contributed by atoms with Crippen LogP contribution < -0.4 is 32.6 Å². The molecule has 32 heavy (non-hydrogen) atoms. The van der Waals surface area contributed by atoms with Gasteiger partial charge in [-0.2, -0.15) is 0 Å². The summed E-state index contributed by atoms with van der Waals surface area (Å²) in [6.45, 7) is 4.71. The van der Waals surface area contributed by atoms with E-state index in [-0.39, 0.29) is 5.96 Å². The smallest absolute Gasteiger partial charge is 0.188 e. The second-order valence-corrected chi connectivity index (χ2v) is 7.86. The summed E-state index contributed by atoms with van der Waals surface area (Å²) in [5.74, 6) is 2.51. The summed E-state index contributed by atoms with van der Waals surface area (Å²) < 4.78 is 5.79. The van der Waals surface area contributed by atoms with Crippen LogP contribution in [0.4, 0.5) is 0 Å². The maximum atomic E-state index is 5.92. The van der Waals surface area contributed by atoms with Gasteiger partial charge in [0.25, 0.3) is 0 Å². The first-order valence-corrected chi connectivity index (χ1v) is 11.8. The Morgan fingerprint density at radius 2 is 1.66 bits per heavy atom. The molecule has 0 fully saturated rings. The van der Waals surface area contributed by atoms with Crippen molar-refractivity contribution < 1.29 is 4.74 Å². The zero-order chi connectivity index (χ0) is 22.9. The van der Waals surface area contributed by atoms with Crippen LogP contribution in [0.5, 0.6) is 5.75 Å². The van der Waals surface area contributed by atoms with E-state index in [1.807, 2.05) is 24.3 Å². The SMILES string of the molecule is NC(N)=NCCCCCCCCNC(N)=NCCCOc1ccc(C2=NCCCN2)cc1. The van der Waals surface area contributed by atoms with E-state index in [0.29, 0.717) is 19.1 Å². The molecular weight excluding hydrogens is 404 g/mol. The molecule has 0 bridgehead atoms. The van der Waals surface area contributed by atoms with Gasteiger partial charge in [-0.05, 0) is 43.5 Å². The molecule has 1 aliphatic rings. The van der Waals surface area contributed by atoms with E-state index in [9.17, 15) is 0 Å². The van der Waals surface area contributed by atoms with Crippen molar-refractivity contribution in [3.63, 3.8) is 0 Å². The number of nitrogens with zero attached hydrogens (tertiary/aromatic N) is 3. The fourth-order valence-electron chi connectivity index (χ4n) is 3.31. The number of rotatable bonds is 15. The molecule has 0 unspecified atom stereocenters. The molecule has 0 amide bonds. The molecule has 1 aliphatic heterocycles. The number of benzene rings is 1. The monoisotopic (exact) mass is 444 g/mol. The lowest BCUT2D eigenvalue weighted by molar-refractivity contribution is 0.313. The number of guanidine groups is 2. The van der Waals surface area contributed by atoms with Crippen LogP contribution in [-0.4, -0.2) is 57.1 Å². The lowest BCUT2D eigenvalue weighted by atomic mass is 10.1. The molecule has 178 valence electrons. The Labute approximate surface area is 192 Å². The third-order valence-electron chi connectivity index (χ3n) is 5.06. The summed E-state index contributed by atoms with van der Waals surface area (Å²) in [7, 11) is 0. The zero-order valence-electron chi connectivity index (χ0n) is 19.2. The van der Waals surface area contributed by atoms with Crippen molar-refractivity contribution in [2.45, 2.75) is 51.4 Å². The first-order chi connectivity index (χ1) is 15.6. The van der Waals surface area contributed by atoms with Crippen LogP contribution in [0.3, 0.4) is 0 Å². The highest BCUT2D eigenvalue weighted by Gasteiger charge is 2.06. The third kappa shape index (κ3) is 11.4. The molecule has 2 rings (SSSR count). The number of nitrogens with one attached hydrogen (secondary N) is 2. The van der Waals surface area contributed by atoms with Crippen molar-refractivity contribution in [2.75, 3.05) is 39.3 Å². The van der Waals surface area contributed by atoms with Crippen LogP contribution in [0.2, 0.25) is 0 Å². The van der Waals surface area contributed by atoms with Crippen LogP contribution in [0.1, 0.15) is 56.9 Å². The van der Waals surface area contributed by atoms with Crippen molar-refractivity contribution >= 4 is 17.8 Å². The van der Waals surface area contributed by atoms with Gasteiger partial charge in [0.2, 0.25) is 0 Å². The van der Waals surface area contributed by atoms with Gasteiger partial charge in [0.15, 0.2) is 11.9 Å². The van der Waals surface area contributed by atoms with Gasteiger partial charge in [0, 0.05) is 44.7 Å². The Morgan fingerprint density at radius 3 is 2.38 bits per heavy atom. The van der Waals surface area contributed by atoms with Crippen molar-refractivity contribution in [2.24, 2.45) is 32.2 Å². The summed E-state index contributed by atoms with van der Waals surface area (Å²) >= 11 is 0. The molecule has 0 radical (unpaired) electrons. The second-order valence-electron chi connectivity index (χ2n) is 7.86. The topological polar surface area (TPSA) is 148 Å². The molecule has 1 heterocycles. The summed E-state index contributed by atoms with van der Waals surface area (Å²) in [6, 6.07) is 8.05. The molecular formula is C23H40N8O. The second kappa shape index (κ2) is 15.8. The highest BCUT2D eigenvalue weighted by molar-refractivity contribution is 5.99. The van der Waals surface area contributed by atoms with E-state index < -0.39 is 0 Å². The molecule has 0 spiro atoms. The summed E-state index contributed by atoms with van der Waals surface area (Å²) in [5, 5.41) is 6.50. The van der Waals surface area contributed by atoms with Gasteiger partial charge in [-0.3, -0.25) is 15.0 Å². The zero-order valence-corrected chi connectivity index (χ0v) is 19.2. The van der Waals surface area contributed by atoms with Crippen molar-refractivity contribution in [1.29, 1.82) is 0 Å². The highest BCUT2D eigenvalue weighted by Crippen LogP contribution is 2.13. The molecule has 1 aromatic rings. The minimum Gasteiger partial charge on any atom is -0.494 e. The lowest BCUT2D eigenvalue weighted by Crippen LogP contribution is -2.32. The summed E-state index contributed by atoms with van der Waals surface area (Å²) in [5.41, 5.74) is 17.6. The number of hydrogen-bond acceptors (Lipinski definition) is 5. The molecule has 0 atom stereocenters. The minimum absolute atomic E-state index is 0.177. The van der Waals surface area contributed by atoms with Gasteiger partial charge in [0.05, 0.1) is 6.61 Å². The number of amidine groups is 1. The maximum Gasteiger partial charge on any atom is 0.188 e. The van der Waals surface area contributed by atoms with Crippen LogP contribution in [0.25, 0.3) is 0 Å². The van der Waals surface area contributed by atoms with Gasteiger partial charge in [-0.1, -0.05) is 25.7 Å². The van der Waals surface area contributed by atoms with Gasteiger partial charge < -0.3 is 32.6 Å². The van der Waals surface area contributed by atoms with E-state index in [1.165, 1.54) is 19.3 Å². The maximum absolute atomic E-state index is 5.92. The fourth-order valence-corrected chi connectivity index (χ4v) is 3.31. The molecule has 0 saturated heterocycles. The number of nitrogens with two attached hydrogens (primary N) is 3. The van der Waals surface area contributed by atoms with E-state index in [0.717, 1.165) is 75.4 Å². The van der Waals surface area contributed by atoms with Gasteiger partial charge in [-0.25, -0.2) is 0 Å². The van der Waals surface area contributed by atoms with E-state index >= 15 is 0 Å². The van der Waals surface area contributed by atoms with Crippen molar-refractivity contribution in [3.8, 4) is 5.75 Å². The number of hydrogen-bond donors (Lipinski definition) is 5. The molecule has 0 aliphatic carbocycles. The predicted molar refractivity (Wildman–Crippen MR) is 133 cm³/mol. The molecule has 0 aromatic heterocycles. The van der Waals surface area contributed by atoms with Gasteiger partial charge >= 0.3 is 0 Å². The Hall–Kier alpha value is -2.97. The average molecular weight is 445 g/mol. The van der Waals surface area contributed by atoms with Gasteiger partial charge in [0.1, 0.15) is 11.6 Å². The van der Waals surface area contributed by atoms with Crippen molar-refractivity contribution in [1.82, 2.24) is 10.6 Å².